The van der Waals surface area contributed by atoms with E-state index in [1.54, 1.807) is 11.3 Å². The highest BCUT2D eigenvalue weighted by Gasteiger charge is 2.13. The van der Waals surface area contributed by atoms with Crippen molar-refractivity contribution in [2.75, 3.05) is 13.1 Å². The van der Waals surface area contributed by atoms with E-state index in [1.807, 2.05) is 0 Å². The van der Waals surface area contributed by atoms with E-state index >= 15 is 0 Å². The van der Waals surface area contributed by atoms with Crippen LogP contribution in [0.2, 0.25) is 0 Å². The van der Waals surface area contributed by atoms with Crippen molar-refractivity contribution in [2.24, 2.45) is 5.92 Å². The van der Waals surface area contributed by atoms with E-state index in [4.69, 9.17) is 0 Å². The van der Waals surface area contributed by atoms with Gasteiger partial charge in [-0.1, -0.05) is 31.2 Å². The van der Waals surface area contributed by atoms with Crippen molar-refractivity contribution in [1.29, 1.82) is 0 Å². The number of aryl methyl sites for hydroxylation is 2. The van der Waals surface area contributed by atoms with Crippen molar-refractivity contribution >= 4 is 11.3 Å². The van der Waals surface area contributed by atoms with Gasteiger partial charge in [-0.15, -0.1) is 11.3 Å². The van der Waals surface area contributed by atoms with Gasteiger partial charge in [-0.2, -0.15) is 0 Å². The predicted octanol–water partition coefficient (Wildman–Crippen LogP) is 4.16. The third-order valence-electron chi connectivity index (χ3n) is 3.76. The monoisotopic (exact) mass is 302 g/mol. The van der Waals surface area contributed by atoms with E-state index in [9.17, 15) is 0 Å². The van der Waals surface area contributed by atoms with Crippen LogP contribution < -0.4 is 5.32 Å². The second-order valence-electron chi connectivity index (χ2n) is 5.79. The summed E-state index contributed by atoms with van der Waals surface area (Å²) in [5.74, 6) is 0.614. The minimum atomic E-state index is 0.614. The van der Waals surface area contributed by atoms with E-state index in [1.165, 1.54) is 22.6 Å². The van der Waals surface area contributed by atoms with Crippen molar-refractivity contribution < 1.29 is 0 Å². The Kier molecular flexibility index (Phi) is 6.40. The van der Waals surface area contributed by atoms with E-state index in [0.717, 1.165) is 31.6 Å². The Labute approximate surface area is 132 Å². The molecule has 0 bridgehead atoms. The van der Waals surface area contributed by atoms with E-state index in [2.05, 4.69) is 60.7 Å². The fourth-order valence-electron chi connectivity index (χ4n) is 2.59. The fraction of sp³-hybridized carbons (Fsp3) is 0.500. The van der Waals surface area contributed by atoms with Gasteiger partial charge in [-0.25, -0.2) is 4.98 Å². The number of benzene rings is 1. The molecule has 0 aliphatic rings. The molecule has 1 unspecified atom stereocenters. The summed E-state index contributed by atoms with van der Waals surface area (Å²) in [7, 11) is 0. The minimum Gasteiger partial charge on any atom is -0.316 e. The number of hydrogen-bond acceptors (Lipinski definition) is 3. The number of rotatable bonds is 8. The first-order valence-corrected chi connectivity index (χ1v) is 8.73. The fourth-order valence-corrected chi connectivity index (χ4v) is 3.48. The smallest absolute Gasteiger partial charge is 0.0931 e. The highest BCUT2D eigenvalue weighted by molar-refractivity contribution is 7.09. The third-order valence-corrected chi connectivity index (χ3v) is 4.75. The lowest BCUT2D eigenvalue weighted by atomic mass is 9.93. The number of nitrogens with one attached hydrogen (secondary N) is 1. The molecule has 0 saturated carbocycles. The highest BCUT2D eigenvalue weighted by Crippen LogP contribution is 2.19. The standard InChI is InChI=1S/C18H26N2S/c1-4-9-19-12-16(11-18-20-15(3)13-21-18)10-17-8-6-5-7-14(17)2/h5-8,13,16,19H,4,9-12H2,1-3H3. The molecule has 0 aliphatic carbocycles. The first-order chi connectivity index (χ1) is 10.2. The van der Waals surface area contributed by atoms with Crippen LogP contribution in [0.25, 0.3) is 0 Å². The lowest BCUT2D eigenvalue weighted by Gasteiger charge is -2.18. The highest BCUT2D eigenvalue weighted by atomic mass is 32.1. The van der Waals surface area contributed by atoms with Gasteiger partial charge in [0.1, 0.15) is 0 Å². The van der Waals surface area contributed by atoms with Gasteiger partial charge >= 0.3 is 0 Å². The molecular weight excluding hydrogens is 276 g/mol. The maximum Gasteiger partial charge on any atom is 0.0931 e. The zero-order valence-electron chi connectivity index (χ0n) is 13.4. The molecule has 3 heteroatoms. The predicted molar refractivity (Wildman–Crippen MR) is 92.1 cm³/mol. The molecule has 0 saturated heterocycles. The molecule has 0 spiro atoms. The lowest BCUT2D eigenvalue weighted by molar-refractivity contribution is 0.469. The molecular formula is C18H26N2S. The van der Waals surface area contributed by atoms with Crippen molar-refractivity contribution in [3.8, 4) is 0 Å². The Morgan fingerprint density at radius 2 is 2.00 bits per heavy atom. The topological polar surface area (TPSA) is 24.9 Å². The summed E-state index contributed by atoms with van der Waals surface area (Å²) in [6.45, 7) is 8.67. The summed E-state index contributed by atoms with van der Waals surface area (Å²) >= 11 is 1.79. The van der Waals surface area contributed by atoms with Crippen LogP contribution in [0.15, 0.2) is 29.6 Å². The van der Waals surface area contributed by atoms with Gasteiger partial charge in [0, 0.05) is 17.5 Å². The van der Waals surface area contributed by atoms with Gasteiger partial charge < -0.3 is 5.32 Å². The van der Waals surface area contributed by atoms with Gasteiger partial charge in [0.05, 0.1) is 5.01 Å². The molecule has 1 aromatic carbocycles. The van der Waals surface area contributed by atoms with Crippen LogP contribution in [0.1, 0.15) is 35.2 Å². The van der Waals surface area contributed by atoms with E-state index in [0.29, 0.717) is 5.92 Å². The number of thiazole rings is 1. The summed E-state index contributed by atoms with van der Waals surface area (Å²) in [5, 5.41) is 7.00. The molecule has 1 heterocycles. The first-order valence-electron chi connectivity index (χ1n) is 7.85. The summed E-state index contributed by atoms with van der Waals surface area (Å²) in [5.41, 5.74) is 4.01. The van der Waals surface area contributed by atoms with Crippen molar-refractivity contribution in [3.05, 3.63) is 51.5 Å². The second-order valence-corrected chi connectivity index (χ2v) is 6.73. The molecule has 0 aliphatic heterocycles. The molecule has 1 aromatic heterocycles. The van der Waals surface area contributed by atoms with Crippen molar-refractivity contribution in [3.63, 3.8) is 0 Å². The van der Waals surface area contributed by atoms with Crippen molar-refractivity contribution in [2.45, 2.75) is 40.0 Å². The normalized spacial score (nSPS) is 12.5. The zero-order valence-corrected chi connectivity index (χ0v) is 14.2. The van der Waals surface area contributed by atoms with Crippen LogP contribution in [0.5, 0.6) is 0 Å². The zero-order chi connectivity index (χ0) is 15.1. The second kappa shape index (κ2) is 8.30. The summed E-state index contributed by atoms with van der Waals surface area (Å²) in [6, 6.07) is 8.73. The molecule has 0 amide bonds. The molecule has 2 rings (SSSR count). The number of hydrogen-bond donors (Lipinski definition) is 1. The van der Waals surface area contributed by atoms with Crippen molar-refractivity contribution in [1.82, 2.24) is 10.3 Å². The van der Waals surface area contributed by atoms with E-state index in [-0.39, 0.29) is 0 Å². The number of nitrogens with zero attached hydrogens (tertiary/aromatic N) is 1. The van der Waals surface area contributed by atoms with Crippen LogP contribution >= 0.6 is 11.3 Å². The Morgan fingerprint density at radius 3 is 2.67 bits per heavy atom. The first kappa shape index (κ1) is 16.2. The maximum absolute atomic E-state index is 4.63. The van der Waals surface area contributed by atoms with Crippen LogP contribution in [0, 0.1) is 19.8 Å². The lowest BCUT2D eigenvalue weighted by Crippen LogP contribution is -2.26. The maximum atomic E-state index is 4.63. The molecule has 0 radical (unpaired) electrons. The van der Waals surface area contributed by atoms with Gasteiger partial charge in [0.25, 0.3) is 0 Å². The summed E-state index contributed by atoms with van der Waals surface area (Å²) < 4.78 is 0. The van der Waals surface area contributed by atoms with Crippen LogP contribution in [-0.2, 0) is 12.8 Å². The molecule has 2 aromatic rings. The average molecular weight is 302 g/mol. The largest absolute Gasteiger partial charge is 0.316 e. The van der Waals surface area contributed by atoms with Gasteiger partial charge in [-0.05, 0) is 56.8 Å². The van der Waals surface area contributed by atoms with Crippen LogP contribution in [-0.4, -0.2) is 18.1 Å². The minimum absolute atomic E-state index is 0.614. The molecule has 0 fully saturated rings. The molecule has 1 atom stereocenters. The van der Waals surface area contributed by atoms with Gasteiger partial charge in [0.15, 0.2) is 0 Å². The Morgan fingerprint density at radius 1 is 1.19 bits per heavy atom. The molecule has 114 valence electrons. The SMILES string of the molecule is CCCNCC(Cc1nc(C)cs1)Cc1ccccc1C. The molecule has 2 nitrogen and oxygen atoms in total. The Hall–Kier alpha value is -1.19. The molecule has 1 N–H and O–H groups in total. The van der Waals surface area contributed by atoms with Crippen LogP contribution in [0.3, 0.4) is 0 Å². The van der Waals surface area contributed by atoms with Gasteiger partial charge in [-0.3, -0.25) is 0 Å². The van der Waals surface area contributed by atoms with Gasteiger partial charge in [0.2, 0.25) is 0 Å². The third kappa shape index (κ3) is 5.25. The summed E-state index contributed by atoms with van der Waals surface area (Å²) in [6.07, 6.45) is 3.39. The Balaban J connectivity index is 2.02. The summed E-state index contributed by atoms with van der Waals surface area (Å²) in [4.78, 5) is 4.63. The average Bonchev–Trinajstić information content (AvgIpc) is 2.87. The van der Waals surface area contributed by atoms with E-state index < -0.39 is 0 Å². The Bertz CT molecular complexity index is 548. The molecule has 21 heavy (non-hydrogen) atoms. The number of aromatic nitrogens is 1. The van der Waals surface area contributed by atoms with Crippen LogP contribution in [0.4, 0.5) is 0 Å². The quantitative estimate of drug-likeness (QED) is 0.741.